The molecular formula is C20H26N4O3S. The number of benzene rings is 1. The predicted octanol–water partition coefficient (Wildman–Crippen LogP) is 1.52. The van der Waals surface area contributed by atoms with Crippen LogP contribution in [-0.4, -0.2) is 59.5 Å². The third-order valence-electron chi connectivity index (χ3n) is 5.69. The zero-order chi connectivity index (χ0) is 19.9. The minimum atomic E-state index is -3.52. The summed E-state index contributed by atoms with van der Waals surface area (Å²) in [5.41, 5.74) is 4.25. The molecule has 1 fully saturated rings. The third kappa shape index (κ3) is 3.58. The molecule has 8 heteroatoms. The topological polar surface area (TPSA) is 75.5 Å². The lowest BCUT2D eigenvalue weighted by molar-refractivity contribution is -0.133. The van der Waals surface area contributed by atoms with Crippen LogP contribution in [0.4, 0.5) is 0 Å². The van der Waals surface area contributed by atoms with E-state index in [2.05, 4.69) is 5.10 Å². The smallest absolute Gasteiger partial charge is 0.244 e. The highest BCUT2D eigenvalue weighted by Gasteiger charge is 2.31. The maximum Gasteiger partial charge on any atom is 0.244 e. The van der Waals surface area contributed by atoms with Crippen LogP contribution in [0.25, 0.3) is 0 Å². The molecular weight excluding hydrogens is 376 g/mol. The SMILES string of the molecule is Cc1cc(C)n(CC(=O)N2CCN(S(=O)(=O)c3ccc4c(c3)CCC4)CC2)n1. The van der Waals surface area contributed by atoms with E-state index in [0.29, 0.717) is 31.1 Å². The van der Waals surface area contributed by atoms with Gasteiger partial charge < -0.3 is 4.90 Å². The van der Waals surface area contributed by atoms with E-state index in [9.17, 15) is 13.2 Å². The first kappa shape index (κ1) is 19.1. The fourth-order valence-electron chi connectivity index (χ4n) is 4.10. The molecule has 0 bridgehead atoms. The van der Waals surface area contributed by atoms with Crippen LogP contribution >= 0.6 is 0 Å². The standard InChI is InChI=1S/C20H26N4O3S/c1-15-12-16(2)24(21-15)14-20(25)22-8-10-23(11-9-22)28(26,27)19-7-6-17-4-3-5-18(17)13-19/h6-7,12-13H,3-5,8-11,14H2,1-2H3. The Hall–Kier alpha value is -2.19. The van der Waals surface area contributed by atoms with Crippen molar-refractivity contribution in [2.75, 3.05) is 26.2 Å². The Morgan fingerprint density at radius 3 is 2.43 bits per heavy atom. The van der Waals surface area contributed by atoms with Gasteiger partial charge in [0.15, 0.2) is 0 Å². The summed E-state index contributed by atoms with van der Waals surface area (Å²) in [4.78, 5) is 14.7. The van der Waals surface area contributed by atoms with Gasteiger partial charge in [0.05, 0.1) is 10.6 Å². The van der Waals surface area contributed by atoms with Gasteiger partial charge in [-0.15, -0.1) is 0 Å². The van der Waals surface area contributed by atoms with Crippen LogP contribution < -0.4 is 0 Å². The van der Waals surface area contributed by atoms with Crippen molar-refractivity contribution < 1.29 is 13.2 Å². The van der Waals surface area contributed by atoms with E-state index >= 15 is 0 Å². The number of sulfonamides is 1. The minimum absolute atomic E-state index is 0.0271. The number of amides is 1. The Morgan fingerprint density at radius 2 is 1.75 bits per heavy atom. The first-order valence-electron chi connectivity index (χ1n) is 9.75. The first-order chi connectivity index (χ1) is 13.3. The zero-order valence-corrected chi connectivity index (χ0v) is 17.2. The largest absolute Gasteiger partial charge is 0.338 e. The monoisotopic (exact) mass is 402 g/mol. The Kier molecular flexibility index (Phi) is 5.01. The van der Waals surface area contributed by atoms with Crippen molar-refractivity contribution in [3.05, 3.63) is 46.8 Å². The highest BCUT2D eigenvalue weighted by molar-refractivity contribution is 7.89. The summed E-state index contributed by atoms with van der Waals surface area (Å²) in [6.45, 7) is 5.47. The molecule has 0 N–H and O–H groups in total. The second kappa shape index (κ2) is 7.33. The van der Waals surface area contributed by atoms with Crippen LogP contribution in [0.15, 0.2) is 29.2 Å². The van der Waals surface area contributed by atoms with Gasteiger partial charge in [-0.3, -0.25) is 9.48 Å². The van der Waals surface area contributed by atoms with Gasteiger partial charge in [-0.2, -0.15) is 9.40 Å². The molecule has 150 valence electrons. The Morgan fingerprint density at radius 1 is 1.04 bits per heavy atom. The molecule has 0 atom stereocenters. The summed E-state index contributed by atoms with van der Waals surface area (Å²) in [7, 11) is -3.52. The summed E-state index contributed by atoms with van der Waals surface area (Å²) < 4.78 is 29.2. The summed E-state index contributed by atoms with van der Waals surface area (Å²) in [5, 5.41) is 4.33. The Bertz CT molecular complexity index is 1000. The molecule has 0 spiro atoms. The van der Waals surface area contributed by atoms with Crippen LogP contribution in [-0.2, 0) is 34.2 Å². The molecule has 0 unspecified atom stereocenters. The summed E-state index contributed by atoms with van der Waals surface area (Å²) in [6.07, 6.45) is 3.08. The molecule has 4 rings (SSSR count). The van der Waals surface area contributed by atoms with Crippen LogP contribution in [0.3, 0.4) is 0 Å². The van der Waals surface area contributed by atoms with E-state index in [4.69, 9.17) is 0 Å². The molecule has 1 aliphatic heterocycles. The Balaban J connectivity index is 1.40. The number of hydrogen-bond acceptors (Lipinski definition) is 4. The number of fused-ring (bicyclic) bond motifs is 1. The molecule has 1 saturated heterocycles. The average molecular weight is 403 g/mol. The maximum atomic E-state index is 13.0. The molecule has 1 aromatic heterocycles. The summed E-state index contributed by atoms with van der Waals surface area (Å²) in [5.74, 6) is -0.0271. The van der Waals surface area contributed by atoms with E-state index < -0.39 is 10.0 Å². The van der Waals surface area contributed by atoms with Crippen LogP contribution in [0, 0.1) is 13.8 Å². The third-order valence-corrected chi connectivity index (χ3v) is 7.58. The van der Waals surface area contributed by atoms with Crippen LogP contribution in [0.5, 0.6) is 0 Å². The van der Waals surface area contributed by atoms with Crippen molar-refractivity contribution in [1.29, 1.82) is 0 Å². The Labute approximate surface area is 166 Å². The molecule has 1 amide bonds. The van der Waals surface area contributed by atoms with E-state index in [1.165, 1.54) is 9.87 Å². The van der Waals surface area contributed by atoms with E-state index in [0.717, 1.165) is 36.2 Å². The van der Waals surface area contributed by atoms with Crippen LogP contribution in [0.1, 0.15) is 28.9 Å². The van der Waals surface area contributed by atoms with Gasteiger partial charge in [-0.05, 0) is 62.4 Å². The second-order valence-corrected chi connectivity index (χ2v) is 9.59. The van der Waals surface area contributed by atoms with Gasteiger partial charge in [0.2, 0.25) is 15.9 Å². The van der Waals surface area contributed by atoms with Crippen LogP contribution in [0.2, 0.25) is 0 Å². The van der Waals surface area contributed by atoms with Gasteiger partial charge in [0, 0.05) is 31.9 Å². The number of aromatic nitrogens is 2. The number of rotatable bonds is 4. The minimum Gasteiger partial charge on any atom is -0.338 e. The van der Waals surface area contributed by atoms with E-state index in [1.54, 1.807) is 15.6 Å². The van der Waals surface area contributed by atoms with Crippen molar-refractivity contribution in [2.45, 2.75) is 44.6 Å². The number of piperazine rings is 1. The molecule has 0 radical (unpaired) electrons. The quantitative estimate of drug-likeness (QED) is 0.777. The van der Waals surface area contributed by atoms with E-state index in [1.807, 2.05) is 32.0 Å². The van der Waals surface area contributed by atoms with Gasteiger partial charge in [0.25, 0.3) is 0 Å². The molecule has 28 heavy (non-hydrogen) atoms. The number of aryl methyl sites for hydroxylation is 4. The second-order valence-electron chi connectivity index (χ2n) is 7.65. The van der Waals surface area contributed by atoms with Gasteiger partial charge in [-0.1, -0.05) is 6.07 Å². The predicted molar refractivity (Wildman–Crippen MR) is 106 cm³/mol. The lowest BCUT2D eigenvalue weighted by Gasteiger charge is -2.34. The van der Waals surface area contributed by atoms with Gasteiger partial charge >= 0.3 is 0 Å². The molecule has 2 aliphatic rings. The van der Waals surface area contributed by atoms with E-state index in [-0.39, 0.29) is 12.5 Å². The number of carbonyl (C=O) groups excluding carboxylic acids is 1. The van der Waals surface area contributed by atoms with Crippen molar-refractivity contribution in [3.8, 4) is 0 Å². The lowest BCUT2D eigenvalue weighted by atomic mass is 10.1. The summed E-state index contributed by atoms with van der Waals surface area (Å²) in [6, 6.07) is 7.44. The molecule has 0 saturated carbocycles. The highest BCUT2D eigenvalue weighted by atomic mass is 32.2. The molecule has 1 aliphatic carbocycles. The van der Waals surface area contributed by atoms with Crippen molar-refractivity contribution in [1.82, 2.24) is 19.0 Å². The van der Waals surface area contributed by atoms with Crippen molar-refractivity contribution >= 4 is 15.9 Å². The van der Waals surface area contributed by atoms with Crippen molar-refractivity contribution in [3.63, 3.8) is 0 Å². The zero-order valence-electron chi connectivity index (χ0n) is 16.4. The normalized spacial score (nSPS) is 17.7. The van der Waals surface area contributed by atoms with Gasteiger partial charge in [-0.25, -0.2) is 8.42 Å². The molecule has 2 heterocycles. The fourth-order valence-corrected chi connectivity index (χ4v) is 5.57. The fraction of sp³-hybridized carbons (Fsp3) is 0.500. The molecule has 7 nitrogen and oxygen atoms in total. The number of carbonyl (C=O) groups is 1. The lowest BCUT2D eigenvalue weighted by Crippen LogP contribution is -2.51. The maximum absolute atomic E-state index is 13.0. The van der Waals surface area contributed by atoms with Crippen molar-refractivity contribution in [2.24, 2.45) is 0 Å². The number of nitrogens with zero attached hydrogens (tertiary/aromatic N) is 4. The highest BCUT2D eigenvalue weighted by Crippen LogP contribution is 2.26. The first-order valence-corrected chi connectivity index (χ1v) is 11.2. The molecule has 1 aromatic carbocycles. The summed E-state index contributed by atoms with van der Waals surface area (Å²) >= 11 is 0. The average Bonchev–Trinajstić information content (AvgIpc) is 3.27. The number of hydrogen-bond donors (Lipinski definition) is 0. The molecule has 2 aromatic rings. The van der Waals surface area contributed by atoms with Gasteiger partial charge in [0.1, 0.15) is 6.54 Å².